The molecule has 4 heterocycles. The number of nitrogens with zero attached hydrogens (tertiary/aromatic N) is 6. The summed E-state index contributed by atoms with van der Waals surface area (Å²) < 4.78 is 0. The molecule has 130 valence electrons. The van der Waals surface area contributed by atoms with E-state index in [-0.39, 0.29) is 0 Å². The molecule has 2 atom stereocenters. The fraction of sp³-hybridized carbons (Fsp3) is 0.579. The Bertz CT molecular complexity index is 743. The molecule has 0 aromatic carbocycles. The number of anilines is 1. The van der Waals surface area contributed by atoms with Gasteiger partial charge in [0.25, 0.3) is 0 Å². The van der Waals surface area contributed by atoms with Gasteiger partial charge in [0.2, 0.25) is 0 Å². The van der Waals surface area contributed by atoms with E-state index in [9.17, 15) is 0 Å². The minimum Gasteiger partial charge on any atom is -0.356 e. The van der Waals surface area contributed by atoms with Crippen LogP contribution >= 0.6 is 0 Å². The maximum absolute atomic E-state index is 4.54. The second-order valence-corrected chi connectivity index (χ2v) is 7.83. The van der Waals surface area contributed by atoms with Gasteiger partial charge in [-0.2, -0.15) is 0 Å². The average Bonchev–Trinajstić information content (AvgIpc) is 3.30. The Hall–Kier alpha value is -2.08. The van der Waals surface area contributed by atoms with Crippen LogP contribution in [-0.2, 0) is 6.54 Å². The van der Waals surface area contributed by atoms with Gasteiger partial charge in [-0.1, -0.05) is 0 Å². The smallest absolute Gasteiger partial charge is 0.132 e. The van der Waals surface area contributed by atoms with Gasteiger partial charge in [-0.15, -0.1) is 0 Å². The first-order valence-electron chi connectivity index (χ1n) is 9.31. The quantitative estimate of drug-likeness (QED) is 0.851. The van der Waals surface area contributed by atoms with Crippen molar-refractivity contribution in [3.05, 3.63) is 41.9 Å². The second-order valence-electron chi connectivity index (χ2n) is 7.83. The zero-order valence-electron chi connectivity index (χ0n) is 14.7. The summed E-state index contributed by atoms with van der Waals surface area (Å²) in [6, 6.07) is 2.22. The summed E-state index contributed by atoms with van der Waals surface area (Å²) >= 11 is 0. The molecule has 0 N–H and O–H groups in total. The first-order chi connectivity index (χ1) is 12.2. The van der Waals surface area contributed by atoms with Gasteiger partial charge in [0.05, 0.1) is 0 Å². The molecule has 2 aromatic rings. The van der Waals surface area contributed by atoms with Gasteiger partial charge in [-0.25, -0.2) is 19.9 Å². The lowest BCUT2D eigenvalue weighted by atomic mass is 10.0. The SMILES string of the molecule is Cc1ncc(CN2CC3CN(c4cc(C5CC5)ncn4)CC3C2)cn1. The van der Waals surface area contributed by atoms with Crippen LogP contribution in [0, 0.1) is 18.8 Å². The summed E-state index contributed by atoms with van der Waals surface area (Å²) in [6.45, 7) is 7.46. The summed E-state index contributed by atoms with van der Waals surface area (Å²) in [5.41, 5.74) is 2.45. The molecule has 0 amide bonds. The predicted octanol–water partition coefficient (Wildman–Crippen LogP) is 2.02. The fourth-order valence-corrected chi connectivity index (χ4v) is 4.30. The van der Waals surface area contributed by atoms with E-state index in [1.807, 2.05) is 19.3 Å². The monoisotopic (exact) mass is 336 g/mol. The highest BCUT2D eigenvalue weighted by atomic mass is 15.3. The highest BCUT2D eigenvalue weighted by Gasteiger charge is 2.40. The van der Waals surface area contributed by atoms with Gasteiger partial charge in [-0.05, 0) is 31.6 Å². The van der Waals surface area contributed by atoms with Crippen molar-refractivity contribution in [2.75, 3.05) is 31.1 Å². The highest BCUT2D eigenvalue weighted by molar-refractivity contribution is 5.42. The molecule has 6 nitrogen and oxygen atoms in total. The van der Waals surface area contributed by atoms with E-state index in [1.54, 1.807) is 6.33 Å². The second kappa shape index (κ2) is 6.02. The van der Waals surface area contributed by atoms with E-state index in [0.29, 0.717) is 5.92 Å². The van der Waals surface area contributed by atoms with Gasteiger partial charge >= 0.3 is 0 Å². The Kier molecular flexibility index (Phi) is 3.66. The van der Waals surface area contributed by atoms with E-state index in [4.69, 9.17) is 0 Å². The van der Waals surface area contributed by atoms with Crippen molar-refractivity contribution in [2.24, 2.45) is 11.8 Å². The standard InChI is InChI=1S/C19H24N6/c1-13-20-5-14(6-21-13)7-24-8-16-10-25(11-17(16)9-24)19-4-18(15-2-3-15)22-12-23-19/h4-6,12,15-17H,2-3,7-11H2,1H3. The van der Waals surface area contributed by atoms with Gasteiger partial charge in [0.1, 0.15) is 18.0 Å². The first kappa shape index (κ1) is 15.2. The number of fused-ring (bicyclic) bond motifs is 1. The average molecular weight is 336 g/mol. The molecule has 2 saturated heterocycles. The van der Waals surface area contributed by atoms with E-state index >= 15 is 0 Å². The normalized spacial score (nSPS) is 26.2. The van der Waals surface area contributed by atoms with Gasteiger partial charge in [0, 0.05) is 68.4 Å². The lowest BCUT2D eigenvalue weighted by molar-refractivity contribution is 0.308. The first-order valence-corrected chi connectivity index (χ1v) is 9.31. The topological polar surface area (TPSA) is 58.0 Å². The highest BCUT2D eigenvalue weighted by Crippen LogP contribution is 2.40. The lowest BCUT2D eigenvalue weighted by Gasteiger charge is -2.22. The maximum atomic E-state index is 4.54. The lowest BCUT2D eigenvalue weighted by Crippen LogP contribution is -2.29. The van der Waals surface area contributed by atoms with Crippen LogP contribution in [0.5, 0.6) is 0 Å². The van der Waals surface area contributed by atoms with Crippen molar-refractivity contribution >= 4 is 5.82 Å². The molecule has 2 unspecified atom stereocenters. The van der Waals surface area contributed by atoms with Crippen LogP contribution in [0.2, 0.25) is 0 Å². The Balaban J connectivity index is 1.21. The van der Waals surface area contributed by atoms with Crippen molar-refractivity contribution in [3.8, 4) is 0 Å². The molecule has 1 saturated carbocycles. The summed E-state index contributed by atoms with van der Waals surface area (Å²) in [4.78, 5) is 22.6. The molecule has 0 bridgehead atoms. The molecule has 1 aliphatic carbocycles. The van der Waals surface area contributed by atoms with Crippen LogP contribution in [0.4, 0.5) is 5.82 Å². The summed E-state index contributed by atoms with van der Waals surface area (Å²) in [5, 5.41) is 0. The van der Waals surface area contributed by atoms with Crippen LogP contribution in [0.1, 0.15) is 35.8 Å². The van der Waals surface area contributed by atoms with Crippen LogP contribution in [0.3, 0.4) is 0 Å². The summed E-state index contributed by atoms with van der Waals surface area (Å²) in [7, 11) is 0. The van der Waals surface area contributed by atoms with Crippen molar-refractivity contribution in [2.45, 2.75) is 32.2 Å². The third-order valence-electron chi connectivity index (χ3n) is 5.80. The number of hydrogen-bond donors (Lipinski definition) is 0. The molecule has 0 radical (unpaired) electrons. The molecule has 3 fully saturated rings. The van der Waals surface area contributed by atoms with E-state index < -0.39 is 0 Å². The van der Waals surface area contributed by atoms with Crippen LogP contribution < -0.4 is 4.90 Å². The molecule has 0 spiro atoms. The third kappa shape index (κ3) is 3.11. The molecule has 3 aliphatic rings. The minimum absolute atomic E-state index is 0.691. The Labute approximate surface area is 148 Å². The Morgan fingerprint density at radius 3 is 2.36 bits per heavy atom. The molecular formula is C19H24N6. The largest absolute Gasteiger partial charge is 0.356 e. The van der Waals surface area contributed by atoms with E-state index in [2.05, 4.69) is 35.8 Å². The molecule has 25 heavy (non-hydrogen) atoms. The molecular weight excluding hydrogens is 312 g/mol. The zero-order valence-corrected chi connectivity index (χ0v) is 14.7. The van der Waals surface area contributed by atoms with Crippen LogP contribution in [-0.4, -0.2) is 51.0 Å². The molecule has 5 rings (SSSR count). The minimum atomic E-state index is 0.691. The fourth-order valence-electron chi connectivity index (χ4n) is 4.30. The number of aromatic nitrogens is 4. The molecule has 2 aromatic heterocycles. The summed E-state index contributed by atoms with van der Waals surface area (Å²) in [5.74, 6) is 4.14. The predicted molar refractivity (Wildman–Crippen MR) is 95.2 cm³/mol. The van der Waals surface area contributed by atoms with Crippen molar-refractivity contribution in [1.82, 2.24) is 24.8 Å². The van der Waals surface area contributed by atoms with Gasteiger partial charge in [0.15, 0.2) is 0 Å². The Morgan fingerprint density at radius 1 is 0.960 bits per heavy atom. The van der Waals surface area contributed by atoms with E-state index in [0.717, 1.165) is 56.2 Å². The van der Waals surface area contributed by atoms with Gasteiger partial charge in [-0.3, -0.25) is 4.90 Å². The third-order valence-corrected chi connectivity index (χ3v) is 5.80. The van der Waals surface area contributed by atoms with E-state index in [1.165, 1.54) is 24.1 Å². The number of hydrogen-bond acceptors (Lipinski definition) is 6. The molecule has 2 aliphatic heterocycles. The zero-order chi connectivity index (χ0) is 16.8. The Morgan fingerprint density at radius 2 is 1.68 bits per heavy atom. The van der Waals surface area contributed by atoms with Crippen molar-refractivity contribution in [3.63, 3.8) is 0 Å². The summed E-state index contributed by atoms with van der Waals surface area (Å²) in [6.07, 6.45) is 8.26. The maximum Gasteiger partial charge on any atom is 0.132 e. The molecule has 6 heteroatoms. The number of rotatable bonds is 4. The van der Waals surface area contributed by atoms with Crippen molar-refractivity contribution in [1.29, 1.82) is 0 Å². The van der Waals surface area contributed by atoms with Crippen LogP contribution in [0.15, 0.2) is 24.8 Å². The number of likely N-dealkylation sites (tertiary alicyclic amines) is 1. The van der Waals surface area contributed by atoms with Crippen molar-refractivity contribution < 1.29 is 0 Å². The number of aryl methyl sites for hydroxylation is 1. The van der Waals surface area contributed by atoms with Gasteiger partial charge < -0.3 is 4.90 Å². The van der Waals surface area contributed by atoms with Crippen LogP contribution in [0.25, 0.3) is 0 Å².